The first-order chi connectivity index (χ1) is 27.7. The molecule has 5 aliphatic carbocycles. The molecule has 282 valence electrons. The molecule has 6 aliphatic rings. The Hall–Kier alpha value is -4.31. The molecule has 1 aromatic heterocycles. The van der Waals surface area contributed by atoms with Crippen molar-refractivity contribution in [3.05, 3.63) is 150 Å². The monoisotopic (exact) mass is 775 g/mol. The van der Waals surface area contributed by atoms with E-state index in [2.05, 4.69) is 160 Å². The normalized spacial score (nSPS) is 29.0. The van der Waals surface area contributed by atoms with E-state index in [1.54, 1.807) is 11.1 Å². The maximum absolute atomic E-state index is 2.53. The third kappa shape index (κ3) is 4.23. The summed E-state index contributed by atoms with van der Waals surface area (Å²) < 4.78 is 2.69. The lowest BCUT2D eigenvalue weighted by atomic mass is 9.26. The van der Waals surface area contributed by atoms with E-state index in [4.69, 9.17) is 0 Å². The van der Waals surface area contributed by atoms with Crippen LogP contribution in [0.1, 0.15) is 88.5 Å². The molecule has 3 heteroatoms. The first-order valence-electron chi connectivity index (χ1n) is 21.5. The van der Waals surface area contributed by atoms with Crippen LogP contribution in [0, 0.1) is 29.1 Å². The Balaban J connectivity index is 0.950. The Labute approximate surface area is 345 Å². The molecule has 1 aliphatic heterocycles. The molecule has 2 bridgehead atoms. The SMILES string of the molecule is CC1(C)CCC(C)(C)c2cc(N(c3ccc(-c4cccc5c4Sc4ccccc4C54C5CC6CC7CC4C75C6)cc3)c3ccc4sc5ccccc5c4c3)ccc21. The van der Waals surface area contributed by atoms with E-state index in [1.165, 1.54) is 108 Å². The van der Waals surface area contributed by atoms with E-state index >= 15 is 0 Å². The van der Waals surface area contributed by atoms with E-state index in [0.29, 0.717) is 5.41 Å². The van der Waals surface area contributed by atoms with Gasteiger partial charge in [-0.3, -0.25) is 0 Å². The summed E-state index contributed by atoms with van der Waals surface area (Å²) in [5, 5.41) is 2.68. The molecule has 4 fully saturated rings. The topological polar surface area (TPSA) is 3.24 Å². The van der Waals surface area contributed by atoms with Crippen LogP contribution >= 0.6 is 23.1 Å². The third-order valence-electron chi connectivity index (χ3n) is 16.7. The van der Waals surface area contributed by atoms with E-state index < -0.39 is 0 Å². The van der Waals surface area contributed by atoms with Gasteiger partial charge in [0, 0.05) is 52.4 Å². The first kappa shape index (κ1) is 33.6. The Kier molecular flexibility index (Phi) is 6.64. The highest BCUT2D eigenvalue weighted by atomic mass is 32.2. The summed E-state index contributed by atoms with van der Waals surface area (Å²) in [6.07, 6.45) is 8.31. The smallest absolute Gasteiger partial charge is 0.0468 e. The van der Waals surface area contributed by atoms with Crippen molar-refractivity contribution < 1.29 is 0 Å². The van der Waals surface area contributed by atoms with Gasteiger partial charge < -0.3 is 4.90 Å². The average Bonchev–Trinajstić information content (AvgIpc) is 3.89. The van der Waals surface area contributed by atoms with Crippen LogP contribution in [0.5, 0.6) is 0 Å². The lowest BCUT2D eigenvalue weighted by Crippen LogP contribution is -2.74. The van der Waals surface area contributed by atoms with E-state index in [1.807, 2.05) is 23.1 Å². The van der Waals surface area contributed by atoms with Gasteiger partial charge >= 0.3 is 0 Å². The molecule has 2 heterocycles. The van der Waals surface area contributed by atoms with Gasteiger partial charge in [-0.05, 0) is 166 Å². The van der Waals surface area contributed by atoms with Crippen molar-refractivity contribution in [2.24, 2.45) is 29.1 Å². The molecule has 0 radical (unpaired) electrons. The summed E-state index contributed by atoms with van der Waals surface area (Å²) in [6.45, 7) is 9.74. The van der Waals surface area contributed by atoms with Gasteiger partial charge in [-0.25, -0.2) is 0 Å². The Morgan fingerprint density at radius 3 is 2.12 bits per heavy atom. The van der Waals surface area contributed by atoms with Crippen molar-refractivity contribution in [1.82, 2.24) is 0 Å². The van der Waals surface area contributed by atoms with Crippen LogP contribution < -0.4 is 4.90 Å². The van der Waals surface area contributed by atoms with E-state index in [9.17, 15) is 0 Å². The van der Waals surface area contributed by atoms with Crippen molar-refractivity contribution >= 4 is 60.3 Å². The lowest BCUT2D eigenvalue weighted by Gasteiger charge is -2.78. The molecular weight excluding hydrogens is 727 g/mol. The van der Waals surface area contributed by atoms with Crippen molar-refractivity contribution in [2.45, 2.75) is 92.3 Å². The van der Waals surface area contributed by atoms with Crippen LogP contribution in [0.2, 0.25) is 0 Å². The third-order valence-corrected chi connectivity index (χ3v) is 19.0. The second-order valence-electron chi connectivity index (χ2n) is 20.0. The number of benzene rings is 6. The highest BCUT2D eigenvalue weighted by Gasteiger charge is 2.84. The zero-order valence-corrected chi connectivity index (χ0v) is 35.1. The van der Waals surface area contributed by atoms with E-state index in [-0.39, 0.29) is 16.2 Å². The summed E-state index contributed by atoms with van der Waals surface area (Å²) in [7, 11) is 0. The Morgan fingerprint density at radius 1 is 0.561 bits per heavy atom. The van der Waals surface area contributed by atoms with Gasteiger partial charge in [0.15, 0.2) is 0 Å². The number of thiophene rings is 1. The minimum absolute atomic E-state index is 0.127. The van der Waals surface area contributed by atoms with Gasteiger partial charge in [-0.15, -0.1) is 11.3 Å². The van der Waals surface area contributed by atoms with Crippen LogP contribution in [0.15, 0.2) is 137 Å². The number of nitrogens with zero attached hydrogens (tertiary/aromatic N) is 1. The molecule has 0 N–H and O–H groups in total. The number of rotatable bonds is 4. The minimum Gasteiger partial charge on any atom is -0.310 e. The second-order valence-corrected chi connectivity index (χ2v) is 22.1. The second kappa shape index (κ2) is 11.2. The van der Waals surface area contributed by atoms with Crippen molar-refractivity contribution in [1.29, 1.82) is 0 Å². The molecule has 6 aromatic carbocycles. The number of hydrogen-bond acceptors (Lipinski definition) is 3. The molecular formula is C54H49NS2. The number of anilines is 3. The minimum atomic E-state index is 0.127. The summed E-state index contributed by atoms with van der Waals surface area (Å²) in [4.78, 5) is 5.52. The zero-order valence-electron chi connectivity index (χ0n) is 33.4. The van der Waals surface area contributed by atoms with Crippen LogP contribution in [0.4, 0.5) is 17.1 Å². The van der Waals surface area contributed by atoms with Crippen molar-refractivity contribution in [3.8, 4) is 11.1 Å². The molecule has 6 unspecified atom stereocenters. The van der Waals surface area contributed by atoms with Crippen LogP contribution in [0.25, 0.3) is 31.3 Å². The first-order valence-corrected chi connectivity index (χ1v) is 23.2. The summed E-state index contributed by atoms with van der Waals surface area (Å²) in [5.41, 5.74) is 13.8. The van der Waals surface area contributed by atoms with Gasteiger partial charge in [0.2, 0.25) is 0 Å². The standard InChI is InChI=1S/C54H49NS2/c1-51(2)24-25-52(3,4)44-30-37(20-22-41(44)51)55(36-21-23-46-40(29-36)39-10-5-7-14-45(39)56-46)35-18-16-33(17-19-35)38-11-9-13-43-50(38)57-47-15-8-6-12-42(47)54(43)48-27-32-26-34-28-49(54)53(34,48)31-32/h5-23,29-30,32,34,48-49H,24-28,31H2,1-4H3. The average molecular weight is 776 g/mol. The molecule has 7 aromatic rings. The largest absolute Gasteiger partial charge is 0.310 e. The fraction of sp³-hybridized carbons (Fsp3) is 0.333. The van der Waals surface area contributed by atoms with Crippen molar-refractivity contribution in [2.75, 3.05) is 4.90 Å². The summed E-state index contributed by atoms with van der Waals surface area (Å²) >= 11 is 3.93. The fourth-order valence-corrected chi connectivity index (χ4v) is 16.6. The van der Waals surface area contributed by atoms with Crippen LogP contribution in [0.3, 0.4) is 0 Å². The lowest BCUT2D eigenvalue weighted by molar-refractivity contribution is -0.235. The molecule has 0 saturated heterocycles. The van der Waals surface area contributed by atoms with Crippen molar-refractivity contribution in [3.63, 3.8) is 0 Å². The van der Waals surface area contributed by atoms with Crippen LogP contribution in [-0.4, -0.2) is 0 Å². The maximum atomic E-state index is 2.53. The summed E-state index contributed by atoms with van der Waals surface area (Å²) in [6, 6.07) is 49.8. The zero-order chi connectivity index (χ0) is 38.1. The molecule has 0 amide bonds. The van der Waals surface area contributed by atoms with Gasteiger partial charge in [-0.2, -0.15) is 0 Å². The van der Waals surface area contributed by atoms with Gasteiger partial charge in [0.25, 0.3) is 0 Å². The van der Waals surface area contributed by atoms with Gasteiger partial charge in [0.05, 0.1) is 0 Å². The highest BCUT2D eigenvalue weighted by Crippen LogP contribution is 2.89. The predicted molar refractivity (Wildman–Crippen MR) is 241 cm³/mol. The number of fused-ring (bicyclic) bond motifs is 11. The maximum Gasteiger partial charge on any atom is 0.0468 e. The molecule has 6 atom stereocenters. The predicted octanol–water partition coefficient (Wildman–Crippen LogP) is 15.4. The molecule has 13 rings (SSSR count). The summed E-state index contributed by atoms with van der Waals surface area (Å²) in [5.74, 6) is 3.57. The Bertz CT molecular complexity index is 2840. The molecule has 1 nitrogen and oxygen atoms in total. The van der Waals surface area contributed by atoms with Gasteiger partial charge in [0.1, 0.15) is 0 Å². The fourth-order valence-electron chi connectivity index (χ4n) is 14.1. The Morgan fingerprint density at radius 2 is 1.26 bits per heavy atom. The van der Waals surface area contributed by atoms with Crippen LogP contribution in [-0.2, 0) is 16.2 Å². The number of hydrogen-bond donors (Lipinski definition) is 0. The molecule has 57 heavy (non-hydrogen) atoms. The molecule has 2 spiro atoms. The van der Waals surface area contributed by atoms with E-state index in [0.717, 1.165) is 23.7 Å². The van der Waals surface area contributed by atoms with Gasteiger partial charge in [-0.1, -0.05) is 112 Å². The molecule has 4 saturated carbocycles. The quantitative estimate of drug-likeness (QED) is 0.175. The highest BCUT2D eigenvalue weighted by molar-refractivity contribution is 7.99.